The van der Waals surface area contributed by atoms with Gasteiger partial charge < -0.3 is 15.4 Å². The van der Waals surface area contributed by atoms with Gasteiger partial charge in [0.15, 0.2) is 0 Å². The lowest BCUT2D eigenvalue weighted by molar-refractivity contribution is -0.144. The number of hydrogen-bond donors (Lipinski definition) is 2. The highest BCUT2D eigenvalue weighted by atomic mass is 35.5. The van der Waals surface area contributed by atoms with E-state index in [1.54, 1.807) is 37.3 Å². The van der Waals surface area contributed by atoms with Crippen LogP contribution in [0, 0.1) is 17.2 Å². The molecule has 1 fully saturated rings. The normalized spacial score (nSPS) is 18.3. The second-order valence-corrected chi connectivity index (χ2v) is 7.58. The average molecular weight is 427 g/mol. The molecule has 30 heavy (non-hydrogen) atoms. The van der Waals surface area contributed by atoms with Crippen LogP contribution in [0.5, 0.6) is 0 Å². The van der Waals surface area contributed by atoms with Gasteiger partial charge in [-0.1, -0.05) is 17.7 Å². The number of carbonyl (C=O) groups is 2. The summed E-state index contributed by atoms with van der Waals surface area (Å²) in [5.74, 6) is -0.385. The number of carbonyl (C=O) groups excluding carboxylic acids is 2. The van der Waals surface area contributed by atoms with Crippen LogP contribution in [-0.4, -0.2) is 30.0 Å². The Balaban J connectivity index is 1.81. The van der Waals surface area contributed by atoms with E-state index in [0.29, 0.717) is 47.0 Å². The van der Waals surface area contributed by atoms with Gasteiger partial charge in [0.25, 0.3) is 5.91 Å². The number of benzene rings is 1. The van der Waals surface area contributed by atoms with Gasteiger partial charge in [0.1, 0.15) is 6.07 Å². The number of rotatable bonds is 6. The van der Waals surface area contributed by atoms with Crippen LogP contribution in [0.2, 0.25) is 5.02 Å². The van der Waals surface area contributed by atoms with Crippen molar-refractivity contribution in [1.29, 1.82) is 5.26 Å². The first kappa shape index (κ1) is 21.8. The van der Waals surface area contributed by atoms with Crippen LogP contribution < -0.4 is 10.6 Å². The van der Waals surface area contributed by atoms with Gasteiger partial charge in [0.2, 0.25) is 0 Å². The van der Waals surface area contributed by atoms with E-state index in [1.165, 1.54) is 6.20 Å². The monoisotopic (exact) mass is 426 g/mol. The lowest BCUT2D eigenvalue weighted by Crippen LogP contribution is -2.34. The minimum absolute atomic E-state index is 0.152. The van der Waals surface area contributed by atoms with E-state index < -0.39 is 0 Å². The summed E-state index contributed by atoms with van der Waals surface area (Å²) < 4.78 is 5.07. The molecule has 156 valence electrons. The van der Waals surface area contributed by atoms with Crippen LogP contribution in [0.4, 0.5) is 5.69 Å². The molecule has 2 heterocycles. The highest BCUT2D eigenvalue weighted by Crippen LogP contribution is 2.32. The molecule has 2 N–H and O–H groups in total. The van der Waals surface area contributed by atoms with Gasteiger partial charge in [-0.05, 0) is 56.5 Å². The number of nitrogens with one attached hydrogen (secondary N) is 2. The largest absolute Gasteiger partial charge is 0.466 e. The molecule has 3 rings (SSSR count). The van der Waals surface area contributed by atoms with Crippen molar-refractivity contribution in [2.24, 2.45) is 5.92 Å². The van der Waals surface area contributed by atoms with Crippen molar-refractivity contribution in [3.8, 4) is 6.07 Å². The Morgan fingerprint density at radius 1 is 1.40 bits per heavy atom. The third-order valence-corrected chi connectivity index (χ3v) is 5.22. The number of ether oxygens (including phenoxy) is 1. The molecule has 1 aromatic carbocycles. The van der Waals surface area contributed by atoms with E-state index in [0.717, 1.165) is 13.0 Å². The smallest absolute Gasteiger partial charge is 0.306 e. The van der Waals surface area contributed by atoms with Crippen molar-refractivity contribution in [1.82, 2.24) is 10.3 Å². The summed E-state index contributed by atoms with van der Waals surface area (Å²) in [5.41, 5.74) is 1.86. The lowest BCUT2D eigenvalue weighted by Gasteiger charge is -2.30. The molecule has 2 aromatic rings. The molecule has 1 aromatic heterocycles. The molecule has 0 aliphatic carbocycles. The summed E-state index contributed by atoms with van der Waals surface area (Å²) in [5, 5.41) is 16.0. The van der Waals surface area contributed by atoms with Crippen molar-refractivity contribution < 1.29 is 14.3 Å². The van der Waals surface area contributed by atoms with E-state index >= 15 is 0 Å². The number of nitrogens with zero attached hydrogens (tertiary/aromatic N) is 2. The van der Waals surface area contributed by atoms with Crippen LogP contribution in [0.1, 0.15) is 53.8 Å². The van der Waals surface area contributed by atoms with E-state index in [4.69, 9.17) is 16.3 Å². The molecule has 1 saturated heterocycles. The van der Waals surface area contributed by atoms with Gasteiger partial charge in [-0.2, -0.15) is 5.26 Å². The quantitative estimate of drug-likeness (QED) is 0.680. The Kier molecular flexibility index (Phi) is 7.39. The van der Waals surface area contributed by atoms with E-state index in [-0.39, 0.29) is 23.8 Å². The van der Waals surface area contributed by atoms with Crippen molar-refractivity contribution in [2.45, 2.75) is 32.2 Å². The fraction of sp³-hybridized carbons (Fsp3) is 0.364. The first-order valence-electron chi connectivity index (χ1n) is 9.86. The zero-order chi connectivity index (χ0) is 21.5. The van der Waals surface area contributed by atoms with Crippen molar-refractivity contribution in [2.75, 3.05) is 18.5 Å². The van der Waals surface area contributed by atoms with E-state index in [2.05, 4.69) is 21.7 Å². The molecular weight excluding hydrogens is 404 g/mol. The number of esters is 1. The third kappa shape index (κ3) is 5.56. The predicted molar refractivity (Wildman–Crippen MR) is 113 cm³/mol. The number of anilines is 1. The minimum Gasteiger partial charge on any atom is -0.466 e. The highest BCUT2D eigenvalue weighted by molar-refractivity contribution is 6.31. The van der Waals surface area contributed by atoms with Gasteiger partial charge in [-0.3, -0.25) is 14.6 Å². The number of pyridine rings is 1. The van der Waals surface area contributed by atoms with Crippen LogP contribution >= 0.6 is 11.6 Å². The van der Waals surface area contributed by atoms with Crippen LogP contribution in [0.25, 0.3) is 0 Å². The lowest BCUT2D eigenvalue weighted by atomic mass is 9.88. The summed E-state index contributed by atoms with van der Waals surface area (Å²) >= 11 is 5.99. The molecule has 0 radical (unpaired) electrons. The average Bonchev–Trinajstić information content (AvgIpc) is 2.74. The maximum atomic E-state index is 12.7. The number of piperidine rings is 1. The Morgan fingerprint density at radius 3 is 2.97 bits per heavy atom. The van der Waals surface area contributed by atoms with Crippen LogP contribution in [0.15, 0.2) is 36.5 Å². The molecule has 2 unspecified atom stereocenters. The number of amides is 1. The standard InChI is InChI=1S/C22H23ClN4O3/c1-2-30-20(28)10-14-6-7-25-18(8-14)21-19(9-15(12-24)13-26-21)27-22(29)16-4-3-5-17(23)11-16/h3-5,9,11,13-14,18,25H,2,6-8,10H2,1H3,(H,27,29). The summed E-state index contributed by atoms with van der Waals surface area (Å²) in [6, 6.07) is 10.1. The molecule has 0 saturated carbocycles. The Morgan fingerprint density at radius 2 is 2.23 bits per heavy atom. The van der Waals surface area contributed by atoms with Crippen LogP contribution in [0.3, 0.4) is 0 Å². The molecule has 7 nitrogen and oxygen atoms in total. The topological polar surface area (TPSA) is 104 Å². The Hall–Kier alpha value is -2.95. The summed E-state index contributed by atoms with van der Waals surface area (Å²) in [4.78, 5) is 29.0. The van der Waals surface area contributed by atoms with Gasteiger partial charge in [-0.15, -0.1) is 0 Å². The second-order valence-electron chi connectivity index (χ2n) is 7.14. The maximum Gasteiger partial charge on any atom is 0.306 e. The number of aromatic nitrogens is 1. The van der Waals surface area contributed by atoms with Gasteiger partial charge in [0.05, 0.1) is 29.6 Å². The minimum atomic E-state index is -0.338. The number of nitriles is 1. The first-order valence-corrected chi connectivity index (χ1v) is 10.2. The molecule has 1 amide bonds. The van der Waals surface area contributed by atoms with Gasteiger partial charge >= 0.3 is 5.97 Å². The first-order chi connectivity index (χ1) is 14.5. The molecule has 2 atom stereocenters. The Bertz CT molecular complexity index is 973. The van der Waals surface area contributed by atoms with E-state index in [1.807, 2.05) is 0 Å². The predicted octanol–water partition coefficient (Wildman–Crippen LogP) is 3.85. The second kappa shape index (κ2) is 10.2. The molecular formula is C22H23ClN4O3. The molecule has 1 aliphatic heterocycles. The fourth-order valence-corrected chi connectivity index (χ4v) is 3.77. The van der Waals surface area contributed by atoms with Crippen molar-refractivity contribution >= 4 is 29.2 Å². The third-order valence-electron chi connectivity index (χ3n) is 4.99. The van der Waals surface area contributed by atoms with Crippen molar-refractivity contribution in [3.05, 3.63) is 58.4 Å². The zero-order valence-electron chi connectivity index (χ0n) is 16.7. The van der Waals surface area contributed by atoms with Gasteiger partial charge in [-0.25, -0.2) is 0 Å². The zero-order valence-corrected chi connectivity index (χ0v) is 17.4. The summed E-state index contributed by atoms with van der Waals surface area (Å²) in [6.45, 7) is 2.88. The highest BCUT2D eigenvalue weighted by Gasteiger charge is 2.28. The Labute approximate surface area is 180 Å². The summed E-state index contributed by atoms with van der Waals surface area (Å²) in [6.07, 6.45) is 3.38. The van der Waals surface area contributed by atoms with E-state index in [9.17, 15) is 14.9 Å². The molecule has 1 aliphatic rings. The van der Waals surface area contributed by atoms with Gasteiger partial charge in [0, 0.05) is 23.2 Å². The van der Waals surface area contributed by atoms with Crippen molar-refractivity contribution in [3.63, 3.8) is 0 Å². The molecule has 0 spiro atoms. The molecule has 0 bridgehead atoms. The maximum absolute atomic E-state index is 12.7. The fourth-order valence-electron chi connectivity index (χ4n) is 3.58. The SMILES string of the molecule is CCOC(=O)CC1CCNC(c2ncc(C#N)cc2NC(=O)c2cccc(Cl)c2)C1. The number of hydrogen-bond acceptors (Lipinski definition) is 6. The van der Waals surface area contributed by atoms with Crippen LogP contribution in [-0.2, 0) is 9.53 Å². The summed E-state index contributed by atoms with van der Waals surface area (Å²) in [7, 11) is 0. The number of halogens is 1. The molecule has 8 heteroatoms.